The Kier molecular flexibility index (Phi) is 4.73. The van der Waals surface area contributed by atoms with Crippen LogP contribution in [0.15, 0.2) is 24.3 Å². The molecule has 0 aliphatic carbocycles. The maximum Gasteiger partial charge on any atom is 0.147 e. The number of phenols is 2. The molecule has 2 atom stereocenters. The lowest BCUT2D eigenvalue weighted by molar-refractivity contribution is -0.121. The smallest absolute Gasteiger partial charge is 0.147 e. The van der Waals surface area contributed by atoms with E-state index >= 15 is 0 Å². The number of nitrogens with two attached hydrogens (primary N) is 2. The van der Waals surface area contributed by atoms with Gasteiger partial charge in [0.05, 0.1) is 0 Å². The zero-order chi connectivity index (χ0) is 18.2. The summed E-state index contributed by atoms with van der Waals surface area (Å²) in [6, 6.07) is 6.70. The second-order valence-electron chi connectivity index (χ2n) is 6.28. The van der Waals surface area contributed by atoms with Crippen LogP contribution >= 0.6 is 0 Å². The summed E-state index contributed by atoms with van der Waals surface area (Å²) in [5.41, 5.74) is 14.7. The van der Waals surface area contributed by atoms with E-state index in [1.54, 1.807) is 52.0 Å². The summed E-state index contributed by atoms with van der Waals surface area (Å²) in [5, 5.41) is 20.6. The number of nitrogen functional groups attached to an aromatic ring is 2. The molecule has 2 aromatic rings. The molecule has 5 nitrogen and oxygen atoms in total. The van der Waals surface area contributed by atoms with Crippen molar-refractivity contribution in [3.63, 3.8) is 0 Å². The van der Waals surface area contributed by atoms with E-state index in [1.165, 1.54) is 0 Å². The standard InChI is InChI=1S/C19H24N2O3/c1-9(13-5-7-15(20)11(3)18(13)23)17(22)10(2)14-6-8-16(21)12(4)19(14)24/h5-10,23-24H,20-21H2,1-4H3. The Bertz CT molecular complexity index is 734. The molecule has 0 aliphatic rings. The number of anilines is 2. The van der Waals surface area contributed by atoms with Crippen molar-refractivity contribution in [3.05, 3.63) is 46.5 Å². The maximum atomic E-state index is 12.9. The summed E-state index contributed by atoms with van der Waals surface area (Å²) >= 11 is 0. The number of phenolic OH excluding ortho intramolecular Hbond substituents is 2. The van der Waals surface area contributed by atoms with Gasteiger partial charge in [-0.05, 0) is 26.0 Å². The number of hydrogen-bond acceptors (Lipinski definition) is 5. The highest BCUT2D eigenvalue weighted by Gasteiger charge is 2.27. The Labute approximate surface area is 141 Å². The number of Topliss-reactive ketones (excluding diaryl/α,β-unsaturated/α-hetero) is 1. The molecule has 6 N–H and O–H groups in total. The SMILES string of the molecule is Cc1c(N)ccc(C(C)C(=O)C(C)c2ccc(N)c(C)c2O)c1O. The molecule has 5 heteroatoms. The molecule has 0 spiro atoms. The Hall–Kier alpha value is -2.69. The molecule has 0 aromatic heterocycles. The van der Waals surface area contributed by atoms with E-state index in [0.29, 0.717) is 33.6 Å². The first-order valence-electron chi connectivity index (χ1n) is 7.86. The molecule has 0 fully saturated rings. The highest BCUT2D eigenvalue weighted by atomic mass is 16.3. The summed E-state index contributed by atoms with van der Waals surface area (Å²) in [4.78, 5) is 12.9. The minimum absolute atomic E-state index is 0.0424. The molecule has 0 aliphatic heterocycles. The predicted molar refractivity (Wildman–Crippen MR) is 96.3 cm³/mol. The number of benzene rings is 2. The van der Waals surface area contributed by atoms with Gasteiger partial charge in [0, 0.05) is 45.5 Å². The fourth-order valence-corrected chi connectivity index (χ4v) is 2.85. The van der Waals surface area contributed by atoms with Crippen LogP contribution in [0.25, 0.3) is 0 Å². The molecule has 2 rings (SSSR count). The number of hydrogen-bond donors (Lipinski definition) is 4. The van der Waals surface area contributed by atoms with Gasteiger partial charge in [-0.3, -0.25) is 4.79 Å². The Morgan fingerprint density at radius 2 is 1.17 bits per heavy atom. The van der Waals surface area contributed by atoms with Crippen molar-refractivity contribution in [2.24, 2.45) is 0 Å². The summed E-state index contributed by atoms with van der Waals surface area (Å²) in [6.07, 6.45) is 0. The van der Waals surface area contributed by atoms with Crippen LogP contribution in [0.5, 0.6) is 11.5 Å². The van der Waals surface area contributed by atoms with Crippen LogP contribution in [-0.4, -0.2) is 16.0 Å². The van der Waals surface area contributed by atoms with Gasteiger partial charge in [0.15, 0.2) is 0 Å². The van der Waals surface area contributed by atoms with E-state index < -0.39 is 11.8 Å². The van der Waals surface area contributed by atoms with Crippen LogP contribution in [0.4, 0.5) is 11.4 Å². The van der Waals surface area contributed by atoms with Gasteiger partial charge >= 0.3 is 0 Å². The van der Waals surface area contributed by atoms with Gasteiger partial charge in [-0.1, -0.05) is 26.0 Å². The molecule has 0 saturated carbocycles. The predicted octanol–water partition coefficient (Wildman–Crippen LogP) is 3.36. The molecule has 0 heterocycles. The van der Waals surface area contributed by atoms with Gasteiger partial charge < -0.3 is 21.7 Å². The van der Waals surface area contributed by atoms with E-state index in [0.717, 1.165) is 0 Å². The first-order chi connectivity index (χ1) is 11.2. The summed E-state index contributed by atoms with van der Waals surface area (Å²) in [5.74, 6) is -1.08. The van der Waals surface area contributed by atoms with Gasteiger partial charge in [-0.2, -0.15) is 0 Å². The molecule has 2 aromatic carbocycles. The lowest BCUT2D eigenvalue weighted by atomic mass is 9.84. The van der Waals surface area contributed by atoms with Gasteiger partial charge in [0.1, 0.15) is 17.3 Å². The Balaban J connectivity index is 2.38. The fourth-order valence-electron chi connectivity index (χ4n) is 2.85. The number of aromatic hydroxyl groups is 2. The molecule has 24 heavy (non-hydrogen) atoms. The fraction of sp³-hybridized carbons (Fsp3) is 0.316. The molecule has 0 amide bonds. The minimum Gasteiger partial charge on any atom is -0.507 e. The third-order valence-corrected chi connectivity index (χ3v) is 4.79. The van der Waals surface area contributed by atoms with Gasteiger partial charge in [0.2, 0.25) is 0 Å². The number of rotatable bonds is 4. The third-order valence-electron chi connectivity index (χ3n) is 4.79. The number of ketones is 1. The third kappa shape index (κ3) is 2.89. The quantitative estimate of drug-likeness (QED) is 0.643. The van der Waals surface area contributed by atoms with Crippen LogP contribution in [0.2, 0.25) is 0 Å². The van der Waals surface area contributed by atoms with Crippen LogP contribution in [-0.2, 0) is 4.79 Å². The normalized spacial score (nSPS) is 13.5. The summed E-state index contributed by atoms with van der Waals surface area (Å²) < 4.78 is 0. The van der Waals surface area contributed by atoms with Crippen LogP contribution in [0, 0.1) is 13.8 Å². The minimum atomic E-state index is -0.531. The Morgan fingerprint density at radius 1 is 0.833 bits per heavy atom. The molecule has 128 valence electrons. The highest BCUT2D eigenvalue weighted by molar-refractivity contribution is 5.92. The van der Waals surface area contributed by atoms with Crippen molar-refractivity contribution in [1.29, 1.82) is 0 Å². The largest absolute Gasteiger partial charge is 0.507 e. The lowest BCUT2D eigenvalue weighted by Crippen LogP contribution is -2.17. The van der Waals surface area contributed by atoms with E-state index in [-0.39, 0.29) is 17.3 Å². The zero-order valence-corrected chi connectivity index (χ0v) is 14.4. The van der Waals surface area contributed by atoms with E-state index in [9.17, 15) is 15.0 Å². The summed E-state index contributed by atoms with van der Waals surface area (Å²) in [7, 11) is 0. The van der Waals surface area contributed by atoms with Gasteiger partial charge in [-0.25, -0.2) is 0 Å². The van der Waals surface area contributed by atoms with Gasteiger partial charge in [0.25, 0.3) is 0 Å². The molecular formula is C19H24N2O3. The van der Waals surface area contributed by atoms with E-state index in [4.69, 9.17) is 11.5 Å². The topological polar surface area (TPSA) is 110 Å². The highest BCUT2D eigenvalue weighted by Crippen LogP contribution is 2.38. The zero-order valence-electron chi connectivity index (χ0n) is 14.4. The Morgan fingerprint density at radius 3 is 1.50 bits per heavy atom. The first kappa shape index (κ1) is 17.7. The summed E-state index contributed by atoms with van der Waals surface area (Å²) in [6.45, 7) is 6.91. The second-order valence-corrected chi connectivity index (χ2v) is 6.28. The van der Waals surface area contributed by atoms with Crippen molar-refractivity contribution in [2.45, 2.75) is 39.5 Å². The van der Waals surface area contributed by atoms with E-state index in [1.807, 2.05) is 0 Å². The maximum absolute atomic E-state index is 12.9. The van der Waals surface area contributed by atoms with Crippen LogP contribution < -0.4 is 11.5 Å². The van der Waals surface area contributed by atoms with Crippen molar-refractivity contribution in [1.82, 2.24) is 0 Å². The van der Waals surface area contributed by atoms with Crippen LogP contribution in [0.1, 0.15) is 47.9 Å². The van der Waals surface area contributed by atoms with Crippen LogP contribution in [0.3, 0.4) is 0 Å². The van der Waals surface area contributed by atoms with Gasteiger partial charge in [-0.15, -0.1) is 0 Å². The van der Waals surface area contributed by atoms with Crippen molar-refractivity contribution < 1.29 is 15.0 Å². The average Bonchev–Trinajstić information content (AvgIpc) is 2.56. The number of carbonyl (C=O) groups is 1. The molecular weight excluding hydrogens is 304 g/mol. The van der Waals surface area contributed by atoms with Crippen molar-refractivity contribution in [2.75, 3.05) is 11.5 Å². The molecule has 0 radical (unpaired) electrons. The number of carbonyl (C=O) groups excluding carboxylic acids is 1. The van der Waals surface area contributed by atoms with Crippen molar-refractivity contribution in [3.8, 4) is 11.5 Å². The molecule has 0 saturated heterocycles. The molecule has 2 unspecified atom stereocenters. The van der Waals surface area contributed by atoms with Crippen molar-refractivity contribution >= 4 is 17.2 Å². The average molecular weight is 328 g/mol. The second kappa shape index (κ2) is 6.43. The molecule has 0 bridgehead atoms. The lowest BCUT2D eigenvalue weighted by Gasteiger charge is -2.20. The van der Waals surface area contributed by atoms with E-state index in [2.05, 4.69) is 0 Å². The first-order valence-corrected chi connectivity index (χ1v) is 7.86. The monoisotopic (exact) mass is 328 g/mol.